The van der Waals surface area contributed by atoms with E-state index in [-0.39, 0.29) is 0 Å². The van der Waals surface area contributed by atoms with E-state index in [1.807, 2.05) is 13.1 Å². The van der Waals surface area contributed by atoms with Gasteiger partial charge in [0.25, 0.3) is 0 Å². The van der Waals surface area contributed by atoms with Gasteiger partial charge in [-0.3, -0.25) is 9.89 Å². The Labute approximate surface area is 177 Å². The fourth-order valence-electron chi connectivity index (χ4n) is 3.79. The van der Waals surface area contributed by atoms with Crippen LogP contribution in [0.5, 0.6) is 0 Å². The third kappa shape index (κ3) is 6.06. The van der Waals surface area contributed by atoms with Crippen molar-refractivity contribution in [2.75, 3.05) is 59.1 Å². The predicted octanol–water partition coefficient (Wildman–Crippen LogP) is 1.77. The summed E-state index contributed by atoms with van der Waals surface area (Å²) in [5.41, 5.74) is 0. The van der Waals surface area contributed by atoms with Gasteiger partial charge in [-0.1, -0.05) is 11.6 Å². The van der Waals surface area contributed by atoms with Crippen molar-refractivity contribution in [3.8, 4) is 0 Å². The summed E-state index contributed by atoms with van der Waals surface area (Å²) in [5, 5.41) is 3.50. The molecule has 158 valence electrons. The van der Waals surface area contributed by atoms with Crippen molar-refractivity contribution in [3.63, 3.8) is 0 Å². The first-order valence-electron chi connectivity index (χ1n) is 9.72. The molecule has 0 atom stereocenters. The minimum atomic E-state index is -3.06. The van der Waals surface area contributed by atoms with Crippen LogP contribution in [-0.2, 0) is 16.6 Å². The van der Waals surface area contributed by atoms with Crippen LogP contribution < -0.4 is 5.32 Å². The number of rotatable bonds is 5. The van der Waals surface area contributed by atoms with Crippen LogP contribution in [-0.4, -0.2) is 87.6 Å². The Hall–Kier alpha value is -0.870. The quantitative estimate of drug-likeness (QED) is 0.550. The summed E-state index contributed by atoms with van der Waals surface area (Å²) in [5.74, 6) is 1.43. The van der Waals surface area contributed by atoms with Gasteiger partial charge in [-0.25, -0.2) is 12.7 Å². The highest BCUT2D eigenvalue weighted by Crippen LogP contribution is 2.23. The lowest BCUT2D eigenvalue weighted by atomic mass is 9.98. The van der Waals surface area contributed by atoms with Gasteiger partial charge in [0.2, 0.25) is 10.0 Å². The van der Waals surface area contributed by atoms with E-state index in [9.17, 15) is 8.42 Å². The molecule has 7 nitrogen and oxygen atoms in total. The number of piperazine rings is 1. The Morgan fingerprint density at radius 1 is 1.21 bits per heavy atom. The van der Waals surface area contributed by atoms with Gasteiger partial charge in [-0.2, -0.15) is 0 Å². The lowest BCUT2D eigenvalue weighted by molar-refractivity contribution is 0.173. The number of nitrogens with one attached hydrogen (secondary N) is 1. The largest absolute Gasteiger partial charge is 0.356 e. The minimum absolute atomic E-state index is 0.486. The van der Waals surface area contributed by atoms with Gasteiger partial charge in [-0.15, -0.1) is 11.3 Å². The summed E-state index contributed by atoms with van der Waals surface area (Å²) in [6.45, 7) is 6.95. The number of halogens is 1. The molecule has 0 unspecified atom stereocenters. The first-order valence-corrected chi connectivity index (χ1v) is 12.8. The van der Waals surface area contributed by atoms with Gasteiger partial charge < -0.3 is 10.2 Å². The number of guanidine groups is 1. The summed E-state index contributed by atoms with van der Waals surface area (Å²) in [6.07, 6.45) is 3.09. The Bertz CT molecular complexity index is 767. The first-order chi connectivity index (χ1) is 13.3. The van der Waals surface area contributed by atoms with Crippen molar-refractivity contribution in [2.45, 2.75) is 19.4 Å². The topological polar surface area (TPSA) is 68.2 Å². The maximum atomic E-state index is 11.6. The summed E-state index contributed by atoms with van der Waals surface area (Å²) in [6, 6.07) is 4.07. The molecule has 0 aromatic carbocycles. The molecule has 0 aliphatic carbocycles. The number of piperidine rings is 1. The predicted molar refractivity (Wildman–Crippen MR) is 117 cm³/mol. The number of hydrogen-bond donors (Lipinski definition) is 1. The Kier molecular flexibility index (Phi) is 7.60. The molecule has 1 aromatic heterocycles. The van der Waals surface area contributed by atoms with Gasteiger partial charge >= 0.3 is 0 Å². The van der Waals surface area contributed by atoms with Crippen LogP contribution in [0.25, 0.3) is 0 Å². The summed E-state index contributed by atoms with van der Waals surface area (Å²) < 4.78 is 25.7. The maximum Gasteiger partial charge on any atom is 0.211 e. The van der Waals surface area contributed by atoms with Gasteiger partial charge in [0.15, 0.2) is 5.96 Å². The maximum absolute atomic E-state index is 11.6. The Morgan fingerprint density at radius 3 is 2.43 bits per heavy atom. The van der Waals surface area contributed by atoms with E-state index >= 15 is 0 Å². The highest BCUT2D eigenvalue weighted by atomic mass is 35.5. The number of aliphatic imine (C=N–C) groups is 1. The third-order valence-corrected chi connectivity index (χ3v) is 8.00. The van der Waals surface area contributed by atoms with E-state index in [0.717, 1.165) is 62.4 Å². The molecule has 0 radical (unpaired) electrons. The zero-order chi connectivity index (χ0) is 20.1. The molecule has 3 heterocycles. The molecule has 2 aliphatic rings. The lowest BCUT2D eigenvalue weighted by Crippen LogP contribution is -2.53. The average molecular weight is 448 g/mol. The second-order valence-corrected chi connectivity index (χ2v) is 11.3. The summed E-state index contributed by atoms with van der Waals surface area (Å²) in [7, 11) is -1.23. The number of nitrogens with zero attached hydrogens (tertiary/aromatic N) is 4. The number of hydrogen-bond acceptors (Lipinski definition) is 5. The minimum Gasteiger partial charge on any atom is -0.356 e. The van der Waals surface area contributed by atoms with Crippen LogP contribution in [0.4, 0.5) is 0 Å². The SMILES string of the molecule is CN=C(NCC1CCN(S(C)(=O)=O)CC1)N1CCN(Cc2ccc(Cl)s2)CC1. The Morgan fingerprint density at radius 2 is 1.89 bits per heavy atom. The molecule has 0 spiro atoms. The molecule has 10 heteroatoms. The monoisotopic (exact) mass is 447 g/mol. The fourth-order valence-corrected chi connectivity index (χ4v) is 5.79. The molecule has 2 fully saturated rings. The Balaban J connectivity index is 1.40. The van der Waals surface area contributed by atoms with E-state index in [2.05, 4.69) is 26.2 Å². The fraction of sp³-hybridized carbons (Fsp3) is 0.722. The molecular weight excluding hydrogens is 418 g/mol. The first kappa shape index (κ1) is 21.8. The van der Waals surface area contributed by atoms with Crippen LogP contribution in [0.3, 0.4) is 0 Å². The standard InChI is InChI=1S/C18H30ClN5O2S2/c1-20-18(21-13-15-5-7-24(8-6-15)28(2,25)26)23-11-9-22(10-12-23)14-16-3-4-17(19)27-16/h3-4,15H,5-14H2,1-2H3,(H,20,21). The van der Waals surface area contributed by atoms with Crippen molar-refractivity contribution in [1.82, 2.24) is 19.4 Å². The van der Waals surface area contributed by atoms with E-state index in [4.69, 9.17) is 11.6 Å². The van der Waals surface area contributed by atoms with Crippen molar-refractivity contribution in [3.05, 3.63) is 21.3 Å². The van der Waals surface area contributed by atoms with Gasteiger partial charge in [0.1, 0.15) is 0 Å². The normalized spacial score (nSPS) is 21.2. The average Bonchev–Trinajstić information content (AvgIpc) is 3.08. The van der Waals surface area contributed by atoms with Crippen LogP contribution >= 0.6 is 22.9 Å². The molecule has 0 saturated carbocycles. The van der Waals surface area contributed by atoms with Gasteiger partial charge in [-0.05, 0) is 30.9 Å². The molecule has 28 heavy (non-hydrogen) atoms. The van der Waals surface area contributed by atoms with E-state index in [1.165, 1.54) is 11.1 Å². The molecule has 2 saturated heterocycles. The van der Waals surface area contributed by atoms with Gasteiger partial charge in [0, 0.05) is 64.3 Å². The lowest BCUT2D eigenvalue weighted by Gasteiger charge is -2.37. The molecule has 0 bridgehead atoms. The summed E-state index contributed by atoms with van der Waals surface area (Å²) in [4.78, 5) is 10.5. The zero-order valence-corrected chi connectivity index (χ0v) is 19.0. The molecular formula is C18H30ClN5O2S2. The second-order valence-electron chi connectivity index (χ2n) is 7.50. The highest BCUT2D eigenvalue weighted by Gasteiger charge is 2.26. The van der Waals surface area contributed by atoms with Gasteiger partial charge in [0.05, 0.1) is 10.6 Å². The van der Waals surface area contributed by atoms with Crippen LogP contribution in [0.2, 0.25) is 4.34 Å². The van der Waals surface area contributed by atoms with Crippen molar-refractivity contribution < 1.29 is 8.42 Å². The van der Waals surface area contributed by atoms with E-state index < -0.39 is 10.0 Å². The van der Waals surface area contributed by atoms with E-state index in [1.54, 1.807) is 15.6 Å². The third-order valence-electron chi connectivity index (χ3n) is 5.48. The highest BCUT2D eigenvalue weighted by molar-refractivity contribution is 7.88. The van der Waals surface area contributed by atoms with Crippen LogP contribution in [0.15, 0.2) is 17.1 Å². The zero-order valence-electron chi connectivity index (χ0n) is 16.6. The van der Waals surface area contributed by atoms with Crippen molar-refractivity contribution in [1.29, 1.82) is 0 Å². The molecule has 1 N–H and O–H groups in total. The summed E-state index contributed by atoms with van der Waals surface area (Å²) >= 11 is 7.68. The molecule has 0 amide bonds. The van der Waals surface area contributed by atoms with Crippen molar-refractivity contribution in [2.24, 2.45) is 10.9 Å². The second kappa shape index (κ2) is 9.75. The molecule has 2 aliphatic heterocycles. The number of sulfonamides is 1. The van der Waals surface area contributed by atoms with Crippen LogP contribution in [0, 0.1) is 5.92 Å². The molecule has 3 rings (SSSR count). The van der Waals surface area contributed by atoms with E-state index in [0.29, 0.717) is 19.0 Å². The number of thiophene rings is 1. The molecule has 1 aromatic rings. The van der Waals surface area contributed by atoms with Crippen molar-refractivity contribution >= 4 is 38.9 Å². The van der Waals surface area contributed by atoms with Crippen LogP contribution in [0.1, 0.15) is 17.7 Å². The smallest absolute Gasteiger partial charge is 0.211 e.